The Morgan fingerprint density at radius 1 is 1.17 bits per heavy atom. The second-order valence-corrected chi connectivity index (χ2v) is 11.2. The van der Waals surface area contributed by atoms with Crippen molar-refractivity contribution < 1.29 is 38.3 Å². The fourth-order valence-electron chi connectivity index (χ4n) is 5.62. The monoisotopic (exact) mass is 645 g/mol. The summed E-state index contributed by atoms with van der Waals surface area (Å²) in [5, 5.41) is 31.1. The molecule has 1 aliphatic heterocycles. The van der Waals surface area contributed by atoms with Gasteiger partial charge in [0.15, 0.2) is 17.3 Å². The Hall–Kier alpha value is -4.89. The highest BCUT2D eigenvalue weighted by molar-refractivity contribution is 6.32. The van der Waals surface area contributed by atoms with E-state index in [2.05, 4.69) is 10.3 Å². The molecule has 3 N–H and O–H groups in total. The van der Waals surface area contributed by atoms with E-state index in [4.69, 9.17) is 30.5 Å². The quantitative estimate of drug-likeness (QED) is 0.195. The van der Waals surface area contributed by atoms with Crippen LogP contribution in [0, 0.1) is 17.1 Å². The number of carboxylic acids is 1. The third kappa shape index (κ3) is 6.55. The number of nitrogens with zero attached hydrogens (tertiary/aromatic N) is 2. The predicted molar refractivity (Wildman–Crippen MR) is 165 cm³/mol. The molecule has 0 spiro atoms. The summed E-state index contributed by atoms with van der Waals surface area (Å²) in [6.45, 7) is 0.151. The Morgan fingerprint density at radius 2 is 2.02 bits per heavy atom. The number of ether oxygens (including phenoxy) is 4. The summed E-state index contributed by atoms with van der Waals surface area (Å²) in [6.07, 6.45) is 4.02. The first kappa shape index (κ1) is 31.1. The number of hydrogen-bond donors (Lipinski definition) is 3. The zero-order valence-electron chi connectivity index (χ0n) is 24.5. The smallest absolute Gasteiger partial charge is 0.323 e. The molecule has 1 aromatic heterocycles. The molecule has 10 nitrogen and oxygen atoms in total. The first-order valence-electron chi connectivity index (χ1n) is 14.6. The lowest BCUT2D eigenvalue weighted by molar-refractivity contribution is -0.140. The maximum Gasteiger partial charge on any atom is 0.323 e. The van der Waals surface area contributed by atoms with E-state index in [9.17, 15) is 24.7 Å². The Labute approximate surface area is 268 Å². The molecule has 6 rings (SSSR count). The van der Waals surface area contributed by atoms with Crippen molar-refractivity contribution in [2.75, 3.05) is 19.8 Å². The largest absolute Gasteiger partial charge is 0.488 e. The molecule has 12 heteroatoms. The number of nitrogens with one attached hydrogen (secondary N) is 1. The molecule has 46 heavy (non-hydrogen) atoms. The number of aliphatic hydroxyl groups is 1. The molecule has 2 atom stereocenters. The zero-order valence-corrected chi connectivity index (χ0v) is 25.2. The number of nitriles is 1. The number of rotatable bonds is 11. The SMILES string of the molecule is N#Cc1cncc(COc2cc(O[C@H]3CCc4c(-c5cc(F)c6c(c5)OCCO6)cccc43)c(Cl)cc2CN[C@@H](CO)C(=O)O)c1. The van der Waals surface area contributed by atoms with Gasteiger partial charge in [-0.3, -0.25) is 15.1 Å². The molecule has 236 valence electrons. The minimum absolute atomic E-state index is 0.0328. The van der Waals surface area contributed by atoms with E-state index in [0.29, 0.717) is 65.6 Å². The summed E-state index contributed by atoms with van der Waals surface area (Å²) < 4.78 is 38.6. The summed E-state index contributed by atoms with van der Waals surface area (Å²) in [5.74, 6) is -0.451. The Morgan fingerprint density at radius 3 is 2.83 bits per heavy atom. The van der Waals surface area contributed by atoms with Crippen LogP contribution in [0.5, 0.6) is 23.0 Å². The van der Waals surface area contributed by atoms with Crippen molar-refractivity contribution in [3.63, 3.8) is 0 Å². The number of aromatic nitrogens is 1. The van der Waals surface area contributed by atoms with Gasteiger partial charge in [0, 0.05) is 36.1 Å². The third-order valence-corrected chi connectivity index (χ3v) is 8.14. The molecule has 0 saturated carbocycles. The van der Waals surface area contributed by atoms with Crippen LogP contribution in [0.4, 0.5) is 4.39 Å². The topological polar surface area (TPSA) is 143 Å². The summed E-state index contributed by atoms with van der Waals surface area (Å²) in [5.41, 5.74) is 5.12. The van der Waals surface area contributed by atoms with Gasteiger partial charge in [-0.05, 0) is 59.4 Å². The first-order chi connectivity index (χ1) is 22.3. The van der Waals surface area contributed by atoms with E-state index in [1.165, 1.54) is 12.3 Å². The summed E-state index contributed by atoms with van der Waals surface area (Å²) in [7, 11) is 0. The van der Waals surface area contributed by atoms with Crippen LogP contribution in [-0.2, 0) is 24.4 Å². The van der Waals surface area contributed by atoms with Gasteiger partial charge < -0.3 is 29.2 Å². The van der Waals surface area contributed by atoms with Crippen molar-refractivity contribution in [3.8, 4) is 40.2 Å². The molecule has 0 amide bonds. The van der Waals surface area contributed by atoms with Crippen LogP contribution in [0.3, 0.4) is 0 Å². The van der Waals surface area contributed by atoms with E-state index in [-0.39, 0.29) is 30.0 Å². The fraction of sp³-hybridized carbons (Fsp3) is 0.265. The molecule has 0 fully saturated rings. The average molecular weight is 646 g/mol. The Kier molecular flexibility index (Phi) is 9.21. The van der Waals surface area contributed by atoms with Gasteiger partial charge in [0.1, 0.15) is 49.5 Å². The van der Waals surface area contributed by atoms with Gasteiger partial charge in [-0.2, -0.15) is 5.26 Å². The van der Waals surface area contributed by atoms with Crippen molar-refractivity contribution in [2.45, 2.75) is 38.1 Å². The number of halogens is 2. The lowest BCUT2D eigenvalue weighted by atomic mass is 9.96. The summed E-state index contributed by atoms with van der Waals surface area (Å²) in [6, 6.07) is 14.9. The van der Waals surface area contributed by atoms with Gasteiger partial charge >= 0.3 is 5.97 Å². The maximum absolute atomic E-state index is 14.9. The van der Waals surface area contributed by atoms with Crippen molar-refractivity contribution in [3.05, 3.63) is 99.6 Å². The van der Waals surface area contributed by atoms with Crippen LogP contribution in [-0.4, -0.2) is 47.0 Å². The van der Waals surface area contributed by atoms with E-state index in [1.807, 2.05) is 24.3 Å². The van der Waals surface area contributed by atoms with Crippen molar-refractivity contribution in [2.24, 2.45) is 0 Å². The van der Waals surface area contributed by atoms with Gasteiger partial charge in [-0.15, -0.1) is 0 Å². The Balaban J connectivity index is 1.28. The number of hydrogen-bond acceptors (Lipinski definition) is 9. The lowest BCUT2D eigenvalue weighted by Gasteiger charge is -2.21. The zero-order chi connectivity index (χ0) is 32.2. The molecule has 1 aliphatic carbocycles. The van der Waals surface area contributed by atoms with Gasteiger partial charge in [0.25, 0.3) is 0 Å². The number of carbonyl (C=O) groups is 1. The van der Waals surface area contributed by atoms with E-state index in [0.717, 1.165) is 16.7 Å². The van der Waals surface area contributed by atoms with Crippen LogP contribution in [0.2, 0.25) is 5.02 Å². The standard InChI is InChI=1S/C34H29ClFN3O7/c35-26-9-22(16-39-28(17-40)34(41)42)30(45-18-20-8-19(13-37)14-38-15-20)12-31(26)46-29-5-4-24-23(2-1-3-25(24)29)21-10-27(36)33-32(11-21)43-6-7-44-33/h1-3,8-12,14-15,28-29,39-40H,4-7,16-18H2,(H,41,42)/t28-,29-/m0/s1. The summed E-state index contributed by atoms with van der Waals surface area (Å²) >= 11 is 6.70. The number of carboxylic acid groups (broad SMARTS) is 1. The van der Waals surface area contributed by atoms with E-state index < -0.39 is 24.4 Å². The number of aliphatic hydroxyl groups excluding tert-OH is 1. The average Bonchev–Trinajstić information content (AvgIpc) is 3.48. The fourth-order valence-corrected chi connectivity index (χ4v) is 5.85. The molecule has 2 aliphatic rings. The third-order valence-electron chi connectivity index (χ3n) is 7.85. The second-order valence-electron chi connectivity index (χ2n) is 10.8. The molecule has 2 heterocycles. The lowest BCUT2D eigenvalue weighted by Crippen LogP contribution is -2.39. The molecule has 0 unspecified atom stereocenters. The Bertz CT molecular complexity index is 1830. The van der Waals surface area contributed by atoms with E-state index >= 15 is 0 Å². The van der Waals surface area contributed by atoms with Gasteiger partial charge in [-0.1, -0.05) is 29.8 Å². The number of aliphatic carboxylic acids is 1. The highest BCUT2D eigenvalue weighted by Gasteiger charge is 2.29. The minimum atomic E-state index is -1.20. The molecule has 0 saturated heterocycles. The van der Waals surface area contributed by atoms with Crippen molar-refractivity contribution in [1.29, 1.82) is 5.26 Å². The molecule has 4 aromatic rings. The number of benzene rings is 3. The molecule has 0 radical (unpaired) electrons. The molecule has 3 aromatic carbocycles. The van der Waals surface area contributed by atoms with E-state index in [1.54, 1.807) is 30.5 Å². The second kappa shape index (κ2) is 13.6. The van der Waals surface area contributed by atoms with Gasteiger partial charge in [-0.25, -0.2) is 4.39 Å². The molecular weight excluding hydrogens is 617 g/mol. The predicted octanol–water partition coefficient (Wildman–Crippen LogP) is 5.36. The van der Waals surface area contributed by atoms with Crippen LogP contribution in [0.1, 0.15) is 40.3 Å². The van der Waals surface area contributed by atoms with Gasteiger partial charge in [0.05, 0.1) is 17.2 Å². The highest BCUT2D eigenvalue weighted by Crippen LogP contribution is 2.45. The first-order valence-corrected chi connectivity index (χ1v) is 15.0. The van der Waals surface area contributed by atoms with Crippen molar-refractivity contribution >= 4 is 17.6 Å². The highest BCUT2D eigenvalue weighted by atomic mass is 35.5. The summed E-state index contributed by atoms with van der Waals surface area (Å²) in [4.78, 5) is 15.5. The van der Waals surface area contributed by atoms with Crippen LogP contribution < -0.4 is 24.3 Å². The normalized spacial score (nSPS) is 15.5. The van der Waals surface area contributed by atoms with Crippen molar-refractivity contribution in [1.82, 2.24) is 10.3 Å². The number of pyridine rings is 1. The number of fused-ring (bicyclic) bond motifs is 2. The molecular formula is C34H29ClFN3O7. The van der Waals surface area contributed by atoms with Gasteiger partial charge in [0.2, 0.25) is 0 Å². The minimum Gasteiger partial charge on any atom is -0.488 e. The van der Waals surface area contributed by atoms with Crippen LogP contribution >= 0.6 is 11.6 Å². The molecule has 0 bridgehead atoms. The van der Waals surface area contributed by atoms with Crippen LogP contribution in [0.25, 0.3) is 11.1 Å². The van der Waals surface area contributed by atoms with Crippen LogP contribution in [0.15, 0.2) is 60.9 Å². The maximum atomic E-state index is 14.9.